The van der Waals surface area contributed by atoms with Gasteiger partial charge in [0.2, 0.25) is 0 Å². The number of halogens is 1. The zero-order valence-electron chi connectivity index (χ0n) is 15.6. The smallest absolute Gasteiger partial charge is 0.254 e. The fourth-order valence-corrected chi connectivity index (χ4v) is 3.51. The summed E-state index contributed by atoms with van der Waals surface area (Å²) in [5.74, 6) is -0.0687. The van der Waals surface area contributed by atoms with E-state index in [0.29, 0.717) is 6.54 Å². The number of nitrogens with zero attached hydrogens (tertiary/aromatic N) is 3. The highest BCUT2D eigenvalue weighted by atomic mass is 79.9. The number of amides is 1. The lowest BCUT2D eigenvalue weighted by molar-refractivity contribution is -0.122. The number of rotatable bonds is 6. The minimum atomic E-state index is -0.0687. The lowest BCUT2D eigenvalue weighted by Gasteiger charge is -2.34. The first-order chi connectivity index (χ1) is 13.1. The first-order valence-electron chi connectivity index (χ1n) is 9.18. The summed E-state index contributed by atoms with van der Waals surface area (Å²) in [7, 11) is 0. The predicted molar refractivity (Wildman–Crippen MR) is 113 cm³/mol. The molecule has 1 amide bonds. The zero-order chi connectivity index (χ0) is 19.1. The van der Waals surface area contributed by atoms with Crippen molar-refractivity contribution in [3.05, 3.63) is 70.2 Å². The van der Waals surface area contributed by atoms with E-state index in [9.17, 15) is 4.79 Å². The summed E-state index contributed by atoms with van der Waals surface area (Å²) in [6, 6.07) is 18.4. The number of hydrazone groups is 1. The number of hydrogen-bond acceptors (Lipinski definition) is 4. The molecule has 3 rings (SSSR count). The highest BCUT2D eigenvalue weighted by Crippen LogP contribution is 2.12. The SMILES string of the molecule is C/C(=N\NC(=O)CN1CCN(Cc2ccccc2)CC1)c1cccc(Br)c1. The summed E-state index contributed by atoms with van der Waals surface area (Å²) >= 11 is 3.45. The van der Waals surface area contributed by atoms with E-state index in [0.717, 1.165) is 48.5 Å². The maximum Gasteiger partial charge on any atom is 0.254 e. The standard InChI is InChI=1S/C21H25BrN4O/c1-17(19-8-5-9-20(22)14-19)23-24-21(27)16-26-12-10-25(11-13-26)15-18-6-3-2-4-7-18/h2-9,14H,10-13,15-16H2,1H3,(H,24,27)/b23-17+. The molecule has 1 heterocycles. The summed E-state index contributed by atoms with van der Waals surface area (Å²) in [5, 5.41) is 4.23. The van der Waals surface area contributed by atoms with Crippen LogP contribution in [0.4, 0.5) is 0 Å². The zero-order valence-corrected chi connectivity index (χ0v) is 17.2. The van der Waals surface area contributed by atoms with Gasteiger partial charge in [-0.3, -0.25) is 14.6 Å². The molecule has 1 aliphatic heterocycles. The van der Waals surface area contributed by atoms with E-state index in [1.54, 1.807) is 0 Å². The molecule has 5 nitrogen and oxygen atoms in total. The van der Waals surface area contributed by atoms with Crippen molar-refractivity contribution in [1.82, 2.24) is 15.2 Å². The summed E-state index contributed by atoms with van der Waals surface area (Å²) in [6.07, 6.45) is 0. The normalized spacial score (nSPS) is 16.3. The van der Waals surface area contributed by atoms with Crippen LogP contribution in [0.2, 0.25) is 0 Å². The third kappa shape index (κ3) is 6.27. The van der Waals surface area contributed by atoms with Crippen LogP contribution in [0.15, 0.2) is 64.2 Å². The maximum atomic E-state index is 12.2. The second-order valence-electron chi connectivity index (χ2n) is 6.78. The summed E-state index contributed by atoms with van der Waals surface area (Å²) < 4.78 is 0.995. The van der Waals surface area contributed by atoms with Crippen LogP contribution in [-0.4, -0.2) is 54.1 Å². The van der Waals surface area contributed by atoms with Gasteiger partial charge in [-0.15, -0.1) is 0 Å². The monoisotopic (exact) mass is 428 g/mol. The van der Waals surface area contributed by atoms with E-state index < -0.39 is 0 Å². The third-order valence-electron chi connectivity index (χ3n) is 4.67. The first kappa shape index (κ1) is 19.7. The fraction of sp³-hybridized carbons (Fsp3) is 0.333. The molecule has 2 aromatic carbocycles. The maximum absolute atomic E-state index is 12.2. The van der Waals surface area contributed by atoms with Crippen LogP contribution < -0.4 is 5.43 Å². The molecule has 0 aromatic heterocycles. The molecule has 0 aliphatic carbocycles. The Kier molecular flexibility index (Phi) is 7.15. The molecule has 0 saturated carbocycles. The van der Waals surface area contributed by atoms with E-state index in [2.05, 4.69) is 60.5 Å². The van der Waals surface area contributed by atoms with Gasteiger partial charge in [-0.2, -0.15) is 5.10 Å². The number of hydrogen-bond donors (Lipinski definition) is 1. The molecule has 2 aromatic rings. The van der Waals surface area contributed by atoms with Gasteiger partial charge in [0.05, 0.1) is 12.3 Å². The average Bonchev–Trinajstić information content (AvgIpc) is 2.68. The molecule has 1 fully saturated rings. The van der Waals surface area contributed by atoms with Crippen molar-refractivity contribution < 1.29 is 4.79 Å². The van der Waals surface area contributed by atoms with Crippen LogP contribution in [0.25, 0.3) is 0 Å². The number of piperazine rings is 1. The molecule has 0 radical (unpaired) electrons. The second-order valence-corrected chi connectivity index (χ2v) is 7.70. The number of nitrogens with one attached hydrogen (secondary N) is 1. The number of carbonyl (C=O) groups excluding carboxylic acids is 1. The van der Waals surface area contributed by atoms with Gasteiger partial charge in [-0.05, 0) is 30.2 Å². The van der Waals surface area contributed by atoms with Crippen molar-refractivity contribution in [1.29, 1.82) is 0 Å². The predicted octanol–water partition coefficient (Wildman–Crippen LogP) is 3.11. The third-order valence-corrected chi connectivity index (χ3v) is 5.17. The molecule has 6 heteroatoms. The van der Waals surface area contributed by atoms with Crippen LogP contribution in [-0.2, 0) is 11.3 Å². The van der Waals surface area contributed by atoms with E-state index in [1.807, 2.05) is 37.3 Å². The molecule has 1 aliphatic rings. The largest absolute Gasteiger partial charge is 0.297 e. The van der Waals surface area contributed by atoms with Crippen molar-refractivity contribution in [2.24, 2.45) is 5.10 Å². The Morgan fingerprint density at radius 2 is 1.74 bits per heavy atom. The van der Waals surface area contributed by atoms with Crippen molar-refractivity contribution in [3.8, 4) is 0 Å². The highest BCUT2D eigenvalue weighted by molar-refractivity contribution is 9.10. The lowest BCUT2D eigenvalue weighted by Crippen LogP contribution is -2.48. The molecule has 27 heavy (non-hydrogen) atoms. The van der Waals surface area contributed by atoms with Gasteiger partial charge in [0.15, 0.2) is 0 Å². The van der Waals surface area contributed by atoms with E-state index in [4.69, 9.17) is 0 Å². The number of benzene rings is 2. The van der Waals surface area contributed by atoms with E-state index in [1.165, 1.54) is 5.56 Å². The second kappa shape index (κ2) is 9.78. The van der Waals surface area contributed by atoms with Gasteiger partial charge in [-0.1, -0.05) is 58.4 Å². The number of carbonyl (C=O) groups is 1. The average molecular weight is 429 g/mol. The minimum absolute atomic E-state index is 0.0687. The van der Waals surface area contributed by atoms with Gasteiger partial charge in [0, 0.05) is 37.2 Å². The van der Waals surface area contributed by atoms with Gasteiger partial charge in [0.1, 0.15) is 0 Å². The van der Waals surface area contributed by atoms with Gasteiger partial charge < -0.3 is 0 Å². The highest BCUT2D eigenvalue weighted by Gasteiger charge is 2.18. The molecule has 1 N–H and O–H groups in total. The molecule has 142 valence electrons. The van der Waals surface area contributed by atoms with E-state index in [-0.39, 0.29) is 5.91 Å². The Morgan fingerprint density at radius 3 is 2.44 bits per heavy atom. The minimum Gasteiger partial charge on any atom is -0.297 e. The topological polar surface area (TPSA) is 47.9 Å². The summed E-state index contributed by atoms with van der Waals surface area (Å²) in [4.78, 5) is 16.8. The first-order valence-corrected chi connectivity index (χ1v) is 9.97. The lowest BCUT2D eigenvalue weighted by atomic mass is 10.1. The summed E-state index contributed by atoms with van der Waals surface area (Å²) in [6.45, 7) is 6.99. The Labute approximate surface area is 169 Å². The van der Waals surface area contributed by atoms with Crippen molar-refractivity contribution in [2.45, 2.75) is 13.5 Å². The Balaban J connectivity index is 1.42. The van der Waals surface area contributed by atoms with Crippen molar-refractivity contribution >= 4 is 27.5 Å². The molecule has 0 spiro atoms. The Morgan fingerprint density at radius 1 is 1.04 bits per heavy atom. The molecule has 0 unspecified atom stereocenters. The Bertz CT molecular complexity index is 786. The quantitative estimate of drug-likeness (QED) is 0.567. The van der Waals surface area contributed by atoms with Crippen LogP contribution in [0.1, 0.15) is 18.1 Å². The van der Waals surface area contributed by atoms with Gasteiger partial charge >= 0.3 is 0 Å². The van der Waals surface area contributed by atoms with Crippen molar-refractivity contribution in [3.63, 3.8) is 0 Å². The van der Waals surface area contributed by atoms with Crippen LogP contribution in [0.5, 0.6) is 0 Å². The van der Waals surface area contributed by atoms with Crippen LogP contribution in [0, 0.1) is 0 Å². The van der Waals surface area contributed by atoms with E-state index >= 15 is 0 Å². The Hall–Kier alpha value is -2.02. The van der Waals surface area contributed by atoms with Gasteiger partial charge in [0.25, 0.3) is 5.91 Å². The molecule has 1 saturated heterocycles. The summed E-state index contributed by atoms with van der Waals surface area (Å²) in [5.41, 5.74) is 5.79. The van der Waals surface area contributed by atoms with Crippen LogP contribution >= 0.6 is 15.9 Å². The van der Waals surface area contributed by atoms with Crippen molar-refractivity contribution in [2.75, 3.05) is 32.7 Å². The molecule has 0 atom stereocenters. The fourth-order valence-electron chi connectivity index (χ4n) is 3.11. The molecule has 0 bridgehead atoms. The van der Waals surface area contributed by atoms with Gasteiger partial charge in [-0.25, -0.2) is 5.43 Å². The molecular formula is C21H25BrN4O. The molecular weight excluding hydrogens is 404 g/mol. The van der Waals surface area contributed by atoms with Crippen LogP contribution in [0.3, 0.4) is 0 Å².